The molecule has 0 bridgehead atoms. The fourth-order valence-electron chi connectivity index (χ4n) is 1.31. The van der Waals surface area contributed by atoms with Crippen LogP contribution in [0.4, 0.5) is 0 Å². The zero-order valence-electron chi connectivity index (χ0n) is 8.19. The van der Waals surface area contributed by atoms with Crippen LogP contribution in [0.25, 0.3) is 0 Å². The van der Waals surface area contributed by atoms with Gasteiger partial charge in [-0.1, -0.05) is 31.4 Å². The largest absolute Gasteiger partial charge is 0.310 e. The minimum absolute atomic E-state index is 0.000596. The van der Waals surface area contributed by atoms with Crippen molar-refractivity contribution in [3.63, 3.8) is 0 Å². The van der Waals surface area contributed by atoms with Crippen molar-refractivity contribution in [3.8, 4) is 0 Å². The van der Waals surface area contributed by atoms with Gasteiger partial charge in [-0.2, -0.15) is 0 Å². The third-order valence-corrected chi connectivity index (χ3v) is 2.13. The Hall–Kier alpha value is -0.900. The minimum atomic E-state index is -0.000596. The zero-order valence-corrected chi connectivity index (χ0v) is 8.19. The van der Waals surface area contributed by atoms with Crippen LogP contribution in [0.5, 0.6) is 0 Å². The molecule has 13 heavy (non-hydrogen) atoms. The normalized spacial score (nSPS) is 13.1. The summed E-state index contributed by atoms with van der Waals surface area (Å²) in [7, 11) is 0. The molecule has 0 saturated heterocycles. The van der Waals surface area contributed by atoms with E-state index < -0.39 is 0 Å². The van der Waals surface area contributed by atoms with Crippen molar-refractivity contribution in [3.05, 3.63) is 12.4 Å². The fourth-order valence-corrected chi connectivity index (χ4v) is 1.31. The second kappa shape index (κ2) is 5.70. The molecule has 1 unspecified atom stereocenters. The Morgan fingerprint density at radius 2 is 2.23 bits per heavy atom. The first-order chi connectivity index (χ1) is 6.34. The van der Waals surface area contributed by atoms with Gasteiger partial charge in [0, 0.05) is 6.20 Å². The van der Waals surface area contributed by atoms with Gasteiger partial charge >= 0.3 is 0 Å². The van der Waals surface area contributed by atoms with E-state index in [1.54, 1.807) is 10.9 Å². The van der Waals surface area contributed by atoms with Crippen molar-refractivity contribution in [2.75, 3.05) is 0 Å². The average molecular weight is 182 g/mol. The van der Waals surface area contributed by atoms with Crippen LogP contribution in [0.1, 0.15) is 45.2 Å². The Morgan fingerprint density at radius 1 is 1.38 bits per heavy atom. The summed E-state index contributed by atoms with van der Waals surface area (Å²) in [6.07, 6.45) is 9.45. The highest BCUT2D eigenvalue weighted by Crippen LogP contribution is 2.09. The number of nitrogens with two attached hydrogens (primary N) is 1. The van der Waals surface area contributed by atoms with E-state index in [2.05, 4.69) is 17.2 Å². The average Bonchev–Trinajstić information content (AvgIpc) is 2.65. The summed E-state index contributed by atoms with van der Waals surface area (Å²) in [5.74, 6) is 0. The summed E-state index contributed by atoms with van der Waals surface area (Å²) in [5, 5.41) is 7.58. The summed E-state index contributed by atoms with van der Waals surface area (Å²) < 4.78 is 1.71. The topological polar surface area (TPSA) is 56.7 Å². The molecule has 0 aromatic carbocycles. The molecular weight excluding hydrogens is 164 g/mol. The predicted molar refractivity (Wildman–Crippen MR) is 52.0 cm³/mol. The lowest BCUT2D eigenvalue weighted by molar-refractivity contribution is 0.408. The van der Waals surface area contributed by atoms with E-state index in [9.17, 15) is 0 Å². The highest BCUT2D eigenvalue weighted by Gasteiger charge is 2.03. The number of hydrogen-bond acceptors (Lipinski definition) is 3. The van der Waals surface area contributed by atoms with Gasteiger partial charge in [-0.15, -0.1) is 5.10 Å². The van der Waals surface area contributed by atoms with Crippen LogP contribution in [0, 0.1) is 0 Å². The van der Waals surface area contributed by atoms with Crippen LogP contribution in [-0.4, -0.2) is 15.0 Å². The standard InChI is InChI=1S/C9H18N4/c1-2-3-4-5-6-9(10)13-8-7-11-12-13/h7-9H,2-6,10H2,1H3. The van der Waals surface area contributed by atoms with Crippen LogP contribution in [0.3, 0.4) is 0 Å². The van der Waals surface area contributed by atoms with Crippen molar-refractivity contribution in [2.45, 2.75) is 45.2 Å². The van der Waals surface area contributed by atoms with E-state index in [1.807, 2.05) is 6.20 Å². The predicted octanol–water partition coefficient (Wildman–Crippen LogP) is 1.71. The molecule has 0 saturated carbocycles. The van der Waals surface area contributed by atoms with Crippen LogP contribution in [-0.2, 0) is 0 Å². The van der Waals surface area contributed by atoms with E-state index in [4.69, 9.17) is 5.73 Å². The van der Waals surface area contributed by atoms with Gasteiger partial charge in [-0.05, 0) is 12.8 Å². The Labute approximate surface area is 79.1 Å². The van der Waals surface area contributed by atoms with Crippen molar-refractivity contribution in [1.29, 1.82) is 0 Å². The summed E-state index contributed by atoms with van der Waals surface area (Å²) in [6.45, 7) is 2.21. The van der Waals surface area contributed by atoms with E-state index >= 15 is 0 Å². The smallest absolute Gasteiger partial charge is 0.101 e. The highest BCUT2D eigenvalue weighted by molar-refractivity contribution is 4.68. The zero-order chi connectivity index (χ0) is 9.52. The third-order valence-electron chi connectivity index (χ3n) is 2.13. The third kappa shape index (κ3) is 3.55. The second-order valence-corrected chi connectivity index (χ2v) is 3.30. The summed E-state index contributed by atoms with van der Waals surface area (Å²) >= 11 is 0. The number of unbranched alkanes of at least 4 members (excludes halogenated alkanes) is 3. The van der Waals surface area contributed by atoms with Gasteiger partial charge in [-0.25, -0.2) is 4.68 Å². The van der Waals surface area contributed by atoms with Crippen molar-refractivity contribution < 1.29 is 0 Å². The molecule has 1 atom stereocenters. The van der Waals surface area contributed by atoms with Gasteiger partial charge in [0.25, 0.3) is 0 Å². The van der Waals surface area contributed by atoms with Crippen molar-refractivity contribution in [2.24, 2.45) is 5.73 Å². The molecule has 0 aliphatic heterocycles. The molecule has 1 rings (SSSR count). The Kier molecular flexibility index (Phi) is 4.46. The first-order valence-electron chi connectivity index (χ1n) is 4.96. The fraction of sp³-hybridized carbons (Fsp3) is 0.778. The summed E-state index contributed by atoms with van der Waals surface area (Å²) in [5.41, 5.74) is 5.88. The maximum Gasteiger partial charge on any atom is 0.101 e. The van der Waals surface area contributed by atoms with Gasteiger partial charge < -0.3 is 5.73 Å². The van der Waals surface area contributed by atoms with Gasteiger partial charge in [0.15, 0.2) is 0 Å². The Bertz CT molecular complexity index is 207. The van der Waals surface area contributed by atoms with Gasteiger partial charge in [0.05, 0.1) is 6.20 Å². The number of hydrogen-bond donors (Lipinski definition) is 1. The lowest BCUT2D eigenvalue weighted by Crippen LogP contribution is -2.19. The quantitative estimate of drug-likeness (QED) is 0.681. The van der Waals surface area contributed by atoms with Crippen LogP contribution >= 0.6 is 0 Å². The van der Waals surface area contributed by atoms with Crippen LogP contribution < -0.4 is 5.73 Å². The molecule has 0 spiro atoms. The summed E-state index contributed by atoms with van der Waals surface area (Å²) in [4.78, 5) is 0. The second-order valence-electron chi connectivity index (χ2n) is 3.30. The van der Waals surface area contributed by atoms with Gasteiger partial charge in [0.2, 0.25) is 0 Å². The van der Waals surface area contributed by atoms with E-state index in [1.165, 1.54) is 25.7 Å². The van der Waals surface area contributed by atoms with Crippen molar-refractivity contribution in [1.82, 2.24) is 15.0 Å². The Morgan fingerprint density at radius 3 is 2.85 bits per heavy atom. The molecule has 1 aromatic rings. The summed E-state index contributed by atoms with van der Waals surface area (Å²) in [6, 6.07) is 0. The van der Waals surface area contributed by atoms with E-state index in [0.717, 1.165) is 6.42 Å². The SMILES string of the molecule is CCCCCCC(N)n1ccnn1. The molecule has 0 fully saturated rings. The molecule has 0 radical (unpaired) electrons. The molecule has 4 nitrogen and oxygen atoms in total. The molecule has 4 heteroatoms. The molecule has 0 amide bonds. The molecule has 1 aromatic heterocycles. The number of rotatable bonds is 6. The Balaban J connectivity index is 2.15. The lowest BCUT2D eigenvalue weighted by atomic mass is 10.1. The maximum atomic E-state index is 5.88. The molecule has 2 N–H and O–H groups in total. The van der Waals surface area contributed by atoms with Crippen LogP contribution in [0.2, 0.25) is 0 Å². The minimum Gasteiger partial charge on any atom is -0.310 e. The van der Waals surface area contributed by atoms with Crippen molar-refractivity contribution >= 4 is 0 Å². The van der Waals surface area contributed by atoms with E-state index in [0.29, 0.717) is 0 Å². The molecule has 74 valence electrons. The number of nitrogens with zero attached hydrogens (tertiary/aromatic N) is 3. The van der Waals surface area contributed by atoms with Crippen LogP contribution in [0.15, 0.2) is 12.4 Å². The molecule has 1 heterocycles. The lowest BCUT2D eigenvalue weighted by Gasteiger charge is -2.10. The number of aromatic nitrogens is 3. The maximum absolute atomic E-state index is 5.88. The monoisotopic (exact) mass is 182 g/mol. The highest BCUT2D eigenvalue weighted by atomic mass is 15.4. The molecular formula is C9H18N4. The molecule has 0 aliphatic rings. The van der Waals surface area contributed by atoms with Gasteiger partial charge in [0.1, 0.15) is 6.17 Å². The van der Waals surface area contributed by atoms with Gasteiger partial charge in [-0.3, -0.25) is 0 Å². The first kappa shape index (κ1) is 10.2. The van der Waals surface area contributed by atoms with E-state index in [-0.39, 0.29) is 6.17 Å². The molecule has 0 aliphatic carbocycles. The first-order valence-corrected chi connectivity index (χ1v) is 4.96.